The van der Waals surface area contributed by atoms with Crippen molar-refractivity contribution >= 4 is 0 Å². The zero-order valence-corrected chi connectivity index (χ0v) is 21.6. The molecule has 4 aromatic heterocycles. The van der Waals surface area contributed by atoms with Gasteiger partial charge >= 0.3 is 5.69 Å². The van der Waals surface area contributed by atoms with Crippen LogP contribution in [0.4, 0.5) is 0 Å². The largest absolute Gasteiger partial charge is 0.337 e. The van der Waals surface area contributed by atoms with Crippen molar-refractivity contribution in [3.05, 3.63) is 88.5 Å². The topological polar surface area (TPSA) is 99.2 Å². The van der Waals surface area contributed by atoms with Crippen LogP contribution in [0, 0.1) is 0 Å². The summed E-state index contributed by atoms with van der Waals surface area (Å²) in [5.41, 5.74) is 5.83. The van der Waals surface area contributed by atoms with Crippen LogP contribution in [0.5, 0.6) is 0 Å². The lowest BCUT2D eigenvalue weighted by atomic mass is 10.0. The minimum absolute atomic E-state index is 0.0291. The molecule has 9 nitrogen and oxygen atoms in total. The van der Waals surface area contributed by atoms with Gasteiger partial charge in [0.15, 0.2) is 0 Å². The Labute approximate surface area is 215 Å². The minimum Gasteiger partial charge on any atom is -0.337 e. The van der Waals surface area contributed by atoms with Gasteiger partial charge in [-0.1, -0.05) is 57.0 Å². The molecule has 1 N–H and O–H groups in total. The van der Waals surface area contributed by atoms with E-state index in [0.717, 1.165) is 66.0 Å². The average molecular weight is 497 g/mol. The second-order valence-electron chi connectivity index (χ2n) is 9.31. The highest BCUT2D eigenvalue weighted by Gasteiger charge is 2.18. The molecule has 0 atom stereocenters. The zero-order valence-electron chi connectivity index (χ0n) is 21.6. The van der Waals surface area contributed by atoms with Gasteiger partial charge < -0.3 is 4.57 Å². The lowest BCUT2D eigenvalue weighted by Gasteiger charge is -2.09. The molecule has 0 bridgehead atoms. The van der Waals surface area contributed by atoms with Gasteiger partial charge in [-0.15, -0.1) is 10.2 Å². The molecule has 0 saturated carbocycles. The van der Waals surface area contributed by atoms with Crippen molar-refractivity contribution in [3.8, 4) is 28.3 Å². The van der Waals surface area contributed by atoms with Crippen LogP contribution in [0.25, 0.3) is 28.3 Å². The second kappa shape index (κ2) is 10.8. The van der Waals surface area contributed by atoms with E-state index in [4.69, 9.17) is 4.98 Å². The van der Waals surface area contributed by atoms with Crippen molar-refractivity contribution in [2.45, 2.75) is 52.5 Å². The van der Waals surface area contributed by atoms with Crippen LogP contribution in [0.15, 0.2) is 65.8 Å². The monoisotopic (exact) mass is 496 g/mol. The first kappa shape index (κ1) is 24.4. The van der Waals surface area contributed by atoms with Gasteiger partial charge in [0.1, 0.15) is 5.82 Å². The summed E-state index contributed by atoms with van der Waals surface area (Å²) in [4.78, 5) is 18.4. The normalized spacial score (nSPS) is 11.3. The summed E-state index contributed by atoms with van der Waals surface area (Å²) >= 11 is 0. The third-order valence-electron chi connectivity index (χ3n) is 6.69. The fourth-order valence-corrected chi connectivity index (χ4v) is 4.81. The summed E-state index contributed by atoms with van der Waals surface area (Å²) in [6, 6.07) is 14.0. The predicted molar refractivity (Wildman–Crippen MR) is 144 cm³/mol. The smallest absolute Gasteiger partial charge is 0.334 e. The van der Waals surface area contributed by atoms with E-state index in [1.807, 2.05) is 75.7 Å². The minimum atomic E-state index is -0.0291. The van der Waals surface area contributed by atoms with Gasteiger partial charge in [-0.3, -0.25) is 14.1 Å². The summed E-state index contributed by atoms with van der Waals surface area (Å²) in [6.45, 7) is 4.75. The van der Waals surface area contributed by atoms with Crippen molar-refractivity contribution in [1.82, 2.24) is 39.3 Å². The number of nitrogens with one attached hydrogen (secondary N) is 1. The van der Waals surface area contributed by atoms with Crippen molar-refractivity contribution < 1.29 is 0 Å². The predicted octanol–water partition coefficient (Wildman–Crippen LogP) is 4.56. The third kappa shape index (κ3) is 4.89. The lowest BCUT2D eigenvalue weighted by molar-refractivity contribution is 0.660. The summed E-state index contributed by atoms with van der Waals surface area (Å²) in [6.07, 6.45) is 10.8. The number of benzene rings is 1. The number of rotatable bonds is 10. The molecular formula is C28H32N8O. The number of hydrogen-bond acceptors (Lipinski definition) is 5. The SMILES string of the molecule is CCCCc1cn(-c2c(CCC)ccn2C)c(=O)n1Cc1ccc(-c2ccccc2-c2nn[nH]n2)cn1. The Morgan fingerprint density at radius 1 is 0.973 bits per heavy atom. The Hall–Kier alpha value is -4.27. The Morgan fingerprint density at radius 3 is 2.51 bits per heavy atom. The summed E-state index contributed by atoms with van der Waals surface area (Å²) in [5, 5.41) is 14.5. The van der Waals surface area contributed by atoms with Gasteiger partial charge in [-0.2, -0.15) is 5.21 Å². The first-order valence-corrected chi connectivity index (χ1v) is 12.8. The number of aromatic nitrogens is 8. The summed E-state index contributed by atoms with van der Waals surface area (Å²) in [7, 11) is 2.00. The van der Waals surface area contributed by atoms with E-state index in [9.17, 15) is 4.79 Å². The highest BCUT2D eigenvalue weighted by atomic mass is 16.1. The molecule has 190 valence electrons. The molecule has 0 radical (unpaired) electrons. The molecule has 4 heterocycles. The Kier molecular flexibility index (Phi) is 7.11. The highest BCUT2D eigenvalue weighted by Crippen LogP contribution is 2.29. The van der Waals surface area contributed by atoms with Crippen molar-refractivity contribution in [1.29, 1.82) is 0 Å². The maximum atomic E-state index is 13.7. The highest BCUT2D eigenvalue weighted by molar-refractivity contribution is 5.79. The average Bonchev–Trinajstić information content (AvgIpc) is 3.65. The number of unbranched alkanes of at least 4 members (excludes halogenated alkanes) is 1. The molecule has 1 aromatic carbocycles. The number of imidazole rings is 1. The lowest BCUT2D eigenvalue weighted by Crippen LogP contribution is -2.26. The van der Waals surface area contributed by atoms with Gasteiger partial charge in [0, 0.05) is 42.5 Å². The maximum Gasteiger partial charge on any atom is 0.334 e. The molecule has 5 rings (SSSR count). The van der Waals surface area contributed by atoms with Gasteiger partial charge in [-0.05, 0) is 47.7 Å². The van der Waals surface area contributed by atoms with Crippen LogP contribution in [0.1, 0.15) is 50.1 Å². The third-order valence-corrected chi connectivity index (χ3v) is 6.69. The number of aromatic amines is 1. The molecule has 0 aliphatic heterocycles. The van der Waals surface area contributed by atoms with E-state index >= 15 is 0 Å². The number of tetrazole rings is 1. The Bertz CT molecular complexity index is 1520. The molecule has 5 aromatic rings. The van der Waals surface area contributed by atoms with Gasteiger partial charge in [0.05, 0.1) is 12.2 Å². The molecule has 37 heavy (non-hydrogen) atoms. The molecule has 0 unspecified atom stereocenters. The first-order valence-electron chi connectivity index (χ1n) is 12.8. The van der Waals surface area contributed by atoms with E-state index in [0.29, 0.717) is 12.4 Å². The molecule has 0 amide bonds. The first-order chi connectivity index (χ1) is 18.1. The quantitative estimate of drug-likeness (QED) is 0.306. The van der Waals surface area contributed by atoms with E-state index in [2.05, 4.69) is 40.5 Å². The van der Waals surface area contributed by atoms with Gasteiger partial charge in [0.25, 0.3) is 0 Å². The van der Waals surface area contributed by atoms with Crippen LogP contribution >= 0.6 is 0 Å². The van der Waals surface area contributed by atoms with Crippen LogP contribution in [0.2, 0.25) is 0 Å². The number of hydrogen-bond donors (Lipinski definition) is 1. The van der Waals surface area contributed by atoms with Crippen molar-refractivity contribution in [2.24, 2.45) is 7.05 Å². The van der Waals surface area contributed by atoms with Crippen molar-refractivity contribution in [2.75, 3.05) is 0 Å². The number of pyridine rings is 1. The van der Waals surface area contributed by atoms with E-state index in [1.54, 1.807) is 0 Å². The molecule has 0 aliphatic rings. The molecular weight excluding hydrogens is 464 g/mol. The number of H-pyrrole nitrogens is 1. The molecule has 9 heteroatoms. The molecule has 0 saturated heterocycles. The number of aryl methyl sites for hydroxylation is 3. The van der Waals surface area contributed by atoms with Gasteiger partial charge in [-0.25, -0.2) is 4.79 Å². The standard InChI is InChI=1S/C28H32N8O/c1-4-6-10-23-19-36(27-20(9-5-2)15-16-34(27)3)28(37)35(23)18-22-14-13-21(17-29-22)24-11-7-8-12-25(24)26-30-32-33-31-26/h7-8,11-17,19H,4-6,9-10,18H2,1-3H3,(H,30,31,32,33). The molecule has 0 fully saturated rings. The summed E-state index contributed by atoms with van der Waals surface area (Å²) in [5.74, 6) is 1.49. The van der Waals surface area contributed by atoms with Crippen LogP contribution < -0.4 is 5.69 Å². The second-order valence-corrected chi connectivity index (χ2v) is 9.31. The summed E-state index contributed by atoms with van der Waals surface area (Å²) < 4.78 is 5.72. The number of nitrogens with zero attached hydrogens (tertiary/aromatic N) is 7. The van der Waals surface area contributed by atoms with Crippen LogP contribution in [-0.4, -0.2) is 39.3 Å². The van der Waals surface area contributed by atoms with Crippen molar-refractivity contribution in [3.63, 3.8) is 0 Å². The van der Waals surface area contributed by atoms with Crippen LogP contribution in [-0.2, 0) is 26.4 Å². The fraction of sp³-hybridized carbons (Fsp3) is 0.321. The Balaban J connectivity index is 1.48. The van der Waals surface area contributed by atoms with E-state index < -0.39 is 0 Å². The van der Waals surface area contributed by atoms with E-state index in [-0.39, 0.29) is 5.69 Å². The van der Waals surface area contributed by atoms with E-state index in [1.165, 1.54) is 5.56 Å². The molecule has 0 aliphatic carbocycles. The maximum absolute atomic E-state index is 13.7. The Morgan fingerprint density at radius 2 is 1.81 bits per heavy atom. The fourth-order valence-electron chi connectivity index (χ4n) is 4.81. The molecule has 0 spiro atoms. The van der Waals surface area contributed by atoms with Gasteiger partial charge in [0.2, 0.25) is 5.82 Å². The zero-order chi connectivity index (χ0) is 25.8. The van der Waals surface area contributed by atoms with Crippen LogP contribution in [0.3, 0.4) is 0 Å².